The molecule has 5 heteroatoms. The summed E-state index contributed by atoms with van der Waals surface area (Å²) in [5.41, 5.74) is 4.37. The van der Waals surface area contributed by atoms with E-state index < -0.39 is 11.5 Å². The summed E-state index contributed by atoms with van der Waals surface area (Å²) in [6.07, 6.45) is 0. The van der Waals surface area contributed by atoms with Gasteiger partial charge in [-0.3, -0.25) is 9.59 Å². The van der Waals surface area contributed by atoms with Crippen LogP contribution >= 0.6 is 0 Å². The number of aliphatic hydroxyl groups is 1. The maximum Gasteiger partial charge on any atom is 0.258 e. The summed E-state index contributed by atoms with van der Waals surface area (Å²) in [5.74, 6) is -1.21. The summed E-state index contributed by atoms with van der Waals surface area (Å²) in [5, 5.41) is 13.3. The molecule has 1 unspecified atom stereocenters. The number of hydrogen-bond acceptors (Lipinski definition) is 3. The van der Waals surface area contributed by atoms with Gasteiger partial charge in [0.25, 0.3) is 11.8 Å². The van der Waals surface area contributed by atoms with E-state index in [0.29, 0.717) is 11.1 Å². The Morgan fingerprint density at radius 2 is 1.67 bits per heavy atom. The molecule has 0 aliphatic rings. The van der Waals surface area contributed by atoms with Crippen molar-refractivity contribution in [2.24, 2.45) is 5.73 Å². The molecule has 2 rings (SSSR count). The number of rotatable bonds is 4. The van der Waals surface area contributed by atoms with Gasteiger partial charge in [0.2, 0.25) is 0 Å². The van der Waals surface area contributed by atoms with Gasteiger partial charge in [0.05, 0.1) is 0 Å². The molecule has 21 heavy (non-hydrogen) atoms. The van der Waals surface area contributed by atoms with Gasteiger partial charge >= 0.3 is 0 Å². The fraction of sp³-hybridized carbons (Fsp3) is 0.125. The molecule has 0 heterocycles. The minimum atomic E-state index is -1.98. The van der Waals surface area contributed by atoms with Gasteiger partial charge in [0.1, 0.15) is 0 Å². The number of carbonyl (C=O) groups excluding carboxylic acids is 2. The number of benzene rings is 2. The van der Waals surface area contributed by atoms with Crippen molar-refractivity contribution in [1.29, 1.82) is 0 Å². The van der Waals surface area contributed by atoms with E-state index in [0.717, 1.165) is 0 Å². The van der Waals surface area contributed by atoms with E-state index in [4.69, 9.17) is 5.73 Å². The molecule has 0 bridgehead atoms. The molecule has 0 spiro atoms. The van der Waals surface area contributed by atoms with Gasteiger partial charge < -0.3 is 16.2 Å². The molecule has 0 aromatic heterocycles. The fourth-order valence-corrected chi connectivity index (χ4v) is 2.16. The Morgan fingerprint density at radius 3 is 2.24 bits per heavy atom. The van der Waals surface area contributed by atoms with Gasteiger partial charge in [-0.15, -0.1) is 0 Å². The van der Waals surface area contributed by atoms with E-state index in [1.165, 1.54) is 13.1 Å². The molecule has 0 radical (unpaired) electrons. The van der Waals surface area contributed by atoms with E-state index >= 15 is 0 Å². The molecular formula is C16H16N2O3. The second-order valence-corrected chi connectivity index (χ2v) is 4.60. The average molecular weight is 284 g/mol. The van der Waals surface area contributed by atoms with Crippen LogP contribution in [0, 0.1) is 0 Å². The van der Waals surface area contributed by atoms with Crippen LogP contribution in [-0.2, 0) is 10.4 Å². The molecule has 0 fully saturated rings. The molecule has 2 aromatic carbocycles. The van der Waals surface area contributed by atoms with Gasteiger partial charge in [-0.25, -0.2) is 0 Å². The Bertz CT molecular complexity index is 670. The Balaban J connectivity index is 2.59. The lowest BCUT2D eigenvalue weighted by molar-refractivity contribution is -0.133. The van der Waals surface area contributed by atoms with Crippen LogP contribution in [0.4, 0.5) is 0 Å². The number of nitrogens with two attached hydrogens (primary N) is 1. The molecule has 4 N–H and O–H groups in total. The molecule has 0 aliphatic heterocycles. The molecule has 1 atom stereocenters. The van der Waals surface area contributed by atoms with Gasteiger partial charge in [-0.1, -0.05) is 42.5 Å². The summed E-state index contributed by atoms with van der Waals surface area (Å²) >= 11 is 0. The molecule has 5 nitrogen and oxygen atoms in total. The van der Waals surface area contributed by atoms with Crippen molar-refractivity contribution in [3.63, 3.8) is 0 Å². The molecule has 2 aromatic rings. The van der Waals surface area contributed by atoms with Crippen LogP contribution in [0.15, 0.2) is 54.6 Å². The largest absolute Gasteiger partial charge is 0.372 e. The van der Waals surface area contributed by atoms with Gasteiger partial charge in [-0.05, 0) is 23.3 Å². The van der Waals surface area contributed by atoms with Crippen molar-refractivity contribution in [3.8, 4) is 0 Å². The highest BCUT2D eigenvalue weighted by Gasteiger charge is 2.38. The number of hydrogen-bond donors (Lipinski definition) is 3. The topological polar surface area (TPSA) is 92.4 Å². The van der Waals surface area contributed by atoms with Crippen LogP contribution in [0.25, 0.3) is 0 Å². The zero-order valence-electron chi connectivity index (χ0n) is 11.5. The maximum absolute atomic E-state index is 11.8. The number of amides is 2. The predicted octanol–water partition coefficient (Wildman–Crippen LogP) is 0.767. The van der Waals surface area contributed by atoms with Crippen LogP contribution in [-0.4, -0.2) is 24.0 Å². The molecule has 0 saturated carbocycles. The zero-order chi connectivity index (χ0) is 15.5. The summed E-state index contributed by atoms with van der Waals surface area (Å²) in [6, 6.07) is 14.6. The Labute approximate surface area is 122 Å². The van der Waals surface area contributed by atoms with Crippen molar-refractivity contribution in [2.45, 2.75) is 5.60 Å². The lowest BCUT2D eigenvalue weighted by Gasteiger charge is -2.26. The first-order valence-corrected chi connectivity index (χ1v) is 6.40. The Hall–Kier alpha value is -2.66. The SMILES string of the molecule is CNC(=O)c1cccc(C(O)(C(N)=O)c2ccccc2)c1. The van der Waals surface area contributed by atoms with Crippen molar-refractivity contribution < 1.29 is 14.7 Å². The molecule has 2 amide bonds. The Morgan fingerprint density at radius 1 is 1.05 bits per heavy atom. The minimum Gasteiger partial charge on any atom is -0.372 e. The highest BCUT2D eigenvalue weighted by Crippen LogP contribution is 2.29. The van der Waals surface area contributed by atoms with Gasteiger partial charge in [0.15, 0.2) is 5.60 Å². The third-order valence-corrected chi connectivity index (χ3v) is 3.32. The second-order valence-electron chi connectivity index (χ2n) is 4.60. The van der Waals surface area contributed by atoms with Crippen molar-refractivity contribution in [2.75, 3.05) is 7.05 Å². The van der Waals surface area contributed by atoms with Crippen LogP contribution in [0.1, 0.15) is 21.5 Å². The summed E-state index contributed by atoms with van der Waals surface area (Å²) in [4.78, 5) is 23.5. The Kier molecular flexibility index (Phi) is 4.05. The quantitative estimate of drug-likeness (QED) is 0.774. The standard InChI is InChI=1S/C16H16N2O3/c1-18-14(19)11-6-5-9-13(10-11)16(21,15(17)20)12-7-3-2-4-8-12/h2-10,21H,1H3,(H2,17,20)(H,18,19). The lowest BCUT2D eigenvalue weighted by Crippen LogP contribution is -2.42. The fourth-order valence-electron chi connectivity index (χ4n) is 2.16. The number of primary amides is 1. The highest BCUT2D eigenvalue weighted by molar-refractivity contribution is 5.95. The van der Waals surface area contributed by atoms with Crippen molar-refractivity contribution in [3.05, 3.63) is 71.3 Å². The highest BCUT2D eigenvalue weighted by atomic mass is 16.3. The second kappa shape index (κ2) is 5.76. The monoisotopic (exact) mass is 284 g/mol. The third-order valence-electron chi connectivity index (χ3n) is 3.32. The average Bonchev–Trinajstić information content (AvgIpc) is 2.54. The van der Waals surface area contributed by atoms with Gasteiger partial charge in [0, 0.05) is 12.6 Å². The van der Waals surface area contributed by atoms with Gasteiger partial charge in [-0.2, -0.15) is 0 Å². The van der Waals surface area contributed by atoms with E-state index in [1.54, 1.807) is 48.5 Å². The molecule has 0 saturated heterocycles. The van der Waals surface area contributed by atoms with E-state index in [1.807, 2.05) is 0 Å². The van der Waals surface area contributed by atoms with Crippen LogP contribution in [0.2, 0.25) is 0 Å². The van der Waals surface area contributed by atoms with Crippen LogP contribution in [0.5, 0.6) is 0 Å². The number of nitrogens with one attached hydrogen (secondary N) is 1. The van der Waals surface area contributed by atoms with E-state index in [2.05, 4.69) is 5.32 Å². The van der Waals surface area contributed by atoms with E-state index in [9.17, 15) is 14.7 Å². The minimum absolute atomic E-state index is 0.252. The van der Waals surface area contributed by atoms with Crippen LogP contribution in [0.3, 0.4) is 0 Å². The zero-order valence-corrected chi connectivity index (χ0v) is 11.5. The van der Waals surface area contributed by atoms with E-state index in [-0.39, 0.29) is 11.5 Å². The van der Waals surface area contributed by atoms with Crippen molar-refractivity contribution in [1.82, 2.24) is 5.32 Å². The lowest BCUT2D eigenvalue weighted by atomic mass is 9.85. The summed E-state index contributed by atoms with van der Waals surface area (Å²) < 4.78 is 0. The van der Waals surface area contributed by atoms with Crippen LogP contribution < -0.4 is 11.1 Å². The predicted molar refractivity (Wildman–Crippen MR) is 78.5 cm³/mol. The molecular weight excluding hydrogens is 268 g/mol. The number of carbonyl (C=O) groups is 2. The smallest absolute Gasteiger partial charge is 0.258 e. The third kappa shape index (κ3) is 2.64. The first kappa shape index (κ1) is 14.7. The maximum atomic E-state index is 11.8. The summed E-state index contributed by atoms with van der Waals surface area (Å²) in [7, 11) is 1.51. The normalized spacial score (nSPS) is 13.2. The van der Waals surface area contributed by atoms with Crippen molar-refractivity contribution >= 4 is 11.8 Å². The molecule has 0 aliphatic carbocycles. The summed E-state index contributed by atoms with van der Waals surface area (Å²) in [6.45, 7) is 0. The molecule has 108 valence electrons. The first-order valence-electron chi connectivity index (χ1n) is 6.40. The first-order chi connectivity index (χ1) is 10.00.